The zero-order valence-corrected chi connectivity index (χ0v) is 8.53. The van der Waals surface area contributed by atoms with E-state index in [9.17, 15) is 8.78 Å². The summed E-state index contributed by atoms with van der Waals surface area (Å²) in [6, 6.07) is 0. The van der Waals surface area contributed by atoms with Crippen LogP contribution >= 0.6 is 0 Å². The molecule has 1 heterocycles. The summed E-state index contributed by atoms with van der Waals surface area (Å²) >= 11 is 0. The highest BCUT2D eigenvalue weighted by Crippen LogP contribution is 2.22. The fraction of sp³-hybridized carbons (Fsp3) is 1.00. The number of hydrogen-bond acceptors (Lipinski definition) is 2. The van der Waals surface area contributed by atoms with Gasteiger partial charge in [-0.1, -0.05) is 0 Å². The van der Waals surface area contributed by atoms with Crippen molar-refractivity contribution in [3.05, 3.63) is 0 Å². The molecule has 0 radical (unpaired) electrons. The fourth-order valence-corrected chi connectivity index (χ4v) is 1.47. The molecule has 0 aromatic rings. The van der Waals surface area contributed by atoms with Crippen LogP contribution in [0.5, 0.6) is 0 Å². The summed E-state index contributed by atoms with van der Waals surface area (Å²) in [5.74, 6) is -2.59. The number of nitrogens with zero attached hydrogens (tertiary/aromatic N) is 1. The molecule has 1 saturated heterocycles. The third kappa shape index (κ3) is 3.19. The monoisotopic (exact) mass is 192 g/mol. The summed E-state index contributed by atoms with van der Waals surface area (Å²) in [5, 5.41) is 2.75. The molecule has 0 unspecified atom stereocenters. The molecule has 0 aromatic heterocycles. The predicted octanol–water partition coefficient (Wildman–Crippen LogP) is 1.33. The first kappa shape index (κ1) is 10.9. The van der Waals surface area contributed by atoms with Gasteiger partial charge in [-0.25, -0.2) is 8.78 Å². The van der Waals surface area contributed by atoms with Crippen LogP contribution in [0.1, 0.15) is 20.8 Å². The van der Waals surface area contributed by atoms with Gasteiger partial charge in [0.2, 0.25) is 0 Å². The zero-order valence-electron chi connectivity index (χ0n) is 8.53. The van der Waals surface area contributed by atoms with Crippen molar-refractivity contribution >= 4 is 0 Å². The van der Waals surface area contributed by atoms with Crippen molar-refractivity contribution in [2.45, 2.75) is 32.2 Å². The molecule has 0 spiro atoms. The lowest BCUT2D eigenvalue weighted by atomic mass is 10.1. The molecule has 13 heavy (non-hydrogen) atoms. The number of nitrogens with one attached hydrogen (secondary N) is 1. The fourth-order valence-electron chi connectivity index (χ4n) is 1.47. The molecule has 0 saturated carbocycles. The molecular formula is C9H18F2N2. The minimum absolute atomic E-state index is 0.135. The van der Waals surface area contributed by atoms with E-state index in [2.05, 4.69) is 5.32 Å². The second kappa shape index (κ2) is 3.50. The van der Waals surface area contributed by atoms with Gasteiger partial charge in [0.25, 0.3) is 5.92 Å². The van der Waals surface area contributed by atoms with Crippen LogP contribution in [0.4, 0.5) is 8.78 Å². The Morgan fingerprint density at radius 3 is 2.46 bits per heavy atom. The smallest absolute Gasteiger partial charge is 0.272 e. The Morgan fingerprint density at radius 2 is 1.92 bits per heavy atom. The second-order valence-corrected chi connectivity index (χ2v) is 4.63. The molecule has 2 nitrogen and oxygen atoms in total. The van der Waals surface area contributed by atoms with E-state index in [0.717, 1.165) is 0 Å². The summed E-state index contributed by atoms with van der Waals surface area (Å²) in [6.45, 7) is 6.91. The second-order valence-electron chi connectivity index (χ2n) is 4.63. The Bertz CT molecular complexity index is 175. The Balaban J connectivity index is 2.65. The first-order valence-electron chi connectivity index (χ1n) is 4.65. The van der Waals surface area contributed by atoms with Gasteiger partial charge in [-0.2, -0.15) is 0 Å². The molecule has 0 amide bonds. The van der Waals surface area contributed by atoms with Crippen LogP contribution in [-0.2, 0) is 0 Å². The number of alkyl halides is 2. The van der Waals surface area contributed by atoms with Crippen LogP contribution in [0.2, 0.25) is 0 Å². The van der Waals surface area contributed by atoms with E-state index >= 15 is 0 Å². The van der Waals surface area contributed by atoms with Crippen LogP contribution in [0.25, 0.3) is 0 Å². The van der Waals surface area contributed by atoms with Crippen molar-refractivity contribution < 1.29 is 8.78 Å². The lowest BCUT2D eigenvalue weighted by Crippen LogP contribution is -2.47. The average molecular weight is 192 g/mol. The molecule has 0 bridgehead atoms. The van der Waals surface area contributed by atoms with Gasteiger partial charge in [0.1, 0.15) is 0 Å². The molecule has 1 rings (SSSR count). The highest BCUT2D eigenvalue weighted by atomic mass is 19.3. The minimum atomic E-state index is -2.59. The van der Waals surface area contributed by atoms with Crippen molar-refractivity contribution in [3.8, 4) is 0 Å². The molecule has 78 valence electrons. The number of rotatable bonds is 0. The Hall–Kier alpha value is -0.220. The first-order chi connectivity index (χ1) is 5.81. The number of hydrogen-bond donors (Lipinski definition) is 1. The number of halogens is 2. The van der Waals surface area contributed by atoms with Gasteiger partial charge in [0, 0.05) is 18.6 Å². The molecule has 1 fully saturated rings. The summed E-state index contributed by atoms with van der Waals surface area (Å²) in [6.07, 6.45) is 0. The molecule has 1 aliphatic heterocycles. The van der Waals surface area contributed by atoms with E-state index in [1.807, 2.05) is 25.7 Å². The third-order valence-electron chi connectivity index (χ3n) is 2.31. The normalized spacial score (nSPS) is 25.6. The largest absolute Gasteiger partial charge is 0.310 e. The Kier molecular flexibility index (Phi) is 2.92. The Labute approximate surface area is 78.3 Å². The standard InChI is InChI=1S/C9H18F2N2/c1-8(2,3)13-5-4-12-6-9(10,11)7-13/h12H,4-7H2,1-3H3. The molecule has 1 aliphatic rings. The summed E-state index contributed by atoms with van der Waals surface area (Å²) in [7, 11) is 0. The van der Waals surface area contributed by atoms with E-state index in [1.54, 1.807) is 0 Å². The maximum atomic E-state index is 13.1. The first-order valence-corrected chi connectivity index (χ1v) is 4.65. The van der Waals surface area contributed by atoms with Gasteiger partial charge in [0.05, 0.1) is 13.1 Å². The van der Waals surface area contributed by atoms with Crippen molar-refractivity contribution in [1.82, 2.24) is 10.2 Å². The highest BCUT2D eigenvalue weighted by Gasteiger charge is 2.37. The highest BCUT2D eigenvalue weighted by molar-refractivity contribution is 4.86. The van der Waals surface area contributed by atoms with Gasteiger partial charge in [-0.15, -0.1) is 0 Å². The molecule has 0 aliphatic carbocycles. The minimum Gasteiger partial charge on any atom is -0.310 e. The van der Waals surface area contributed by atoms with E-state index in [1.165, 1.54) is 0 Å². The van der Waals surface area contributed by atoms with Crippen LogP contribution in [0, 0.1) is 0 Å². The van der Waals surface area contributed by atoms with E-state index in [0.29, 0.717) is 13.1 Å². The average Bonchev–Trinajstić information content (AvgIpc) is 2.08. The van der Waals surface area contributed by atoms with E-state index in [-0.39, 0.29) is 18.6 Å². The summed E-state index contributed by atoms with van der Waals surface area (Å²) < 4.78 is 26.3. The maximum Gasteiger partial charge on any atom is 0.272 e. The van der Waals surface area contributed by atoms with Gasteiger partial charge in [-0.3, -0.25) is 4.90 Å². The van der Waals surface area contributed by atoms with Crippen molar-refractivity contribution in [2.24, 2.45) is 0 Å². The lowest BCUT2D eigenvalue weighted by Gasteiger charge is -2.35. The molecule has 0 atom stereocenters. The van der Waals surface area contributed by atoms with Crippen LogP contribution in [0.3, 0.4) is 0 Å². The van der Waals surface area contributed by atoms with Gasteiger partial charge in [-0.05, 0) is 20.8 Å². The SMILES string of the molecule is CC(C)(C)N1CCNCC(F)(F)C1. The summed E-state index contributed by atoms with van der Waals surface area (Å²) in [5.41, 5.74) is -0.171. The zero-order chi connectivity index (χ0) is 10.1. The van der Waals surface area contributed by atoms with Crippen molar-refractivity contribution in [3.63, 3.8) is 0 Å². The molecule has 1 N–H and O–H groups in total. The molecular weight excluding hydrogens is 174 g/mol. The van der Waals surface area contributed by atoms with E-state index < -0.39 is 5.92 Å². The van der Waals surface area contributed by atoms with Crippen molar-refractivity contribution in [2.75, 3.05) is 26.2 Å². The Morgan fingerprint density at radius 1 is 1.31 bits per heavy atom. The van der Waals surface area contributed by atoms with Gasteiger partial charge >= 0.3 is 0 Å². The lowest BCUT2D eigenvalue weighted by molar-refractivity contribution is -0.0381. The quantitative estimate of drug-likeness (QED) is 0.623. The summed E-state index contributed by atoms with van der Waals surface area (Å²) in [4.78, 5) is 1.83. The molecule has 0 aromatic carbocycles. The topological polar surface area (TPSA) is 15.3 Å². The van der Waals surface area contributed by atoms with Gasteiger partial charge < -0.3 is 5.32 Å². The molecule has 4 heteroatoms. The van der Waals surface area contributed by atoms with Crippen LogP contribution < -0.4 is 5.32 Å². The van der Waals surface area contributed by atoms with E-state index in [4.69, 9.17) is 0 Å². The van der Waals surface area contributed by atoms with Crippen molar-refractivity contribution in [1.29, 1.82) is 0 Å². The maximum absolute atomic E-state index is 13.1. The van der Waals surface area contributed by atoms with Crippen LogP contribution in [-0.4, -0.2) is 42.5 Å². The van der Waals surface area contributed by atoms with Crippen LogP contribution in [0.15, 0.2) is 0 Å². The van der Waals surface area contributed by atoms with Gasteiger partial charge in [0.15, 0.2) is 0 Å². The predicted molar refractivity (Wildman–Crippen MR) is 49.1 cm³/mol. The third-order valence-corrected chi connectivity index (χ3v) is 2.31.